The van der Waals surface area contributed by atoms with Crippen LogP contribution >= 0.6 is 11.6 Å². The first-order chi connectivity index (χ1) is 9.43. The summed E-state index contributed by atoms with van der Waals surface area (Å²) >= 11 is 5.63. The summed E-state index contributed by atoms with van der Waals surface area (Å²) < 4.78 is 57.3. The zero-order valence-corrected chi connectivity index (χ0v) is 10.8. The summed E-state index contributed by atoms with van der Waals surface area (Å²) in [5.41, 5.74) is -0.688. The second-order valence-corrected chi connectivity index (χ2v) is 4.22. The van der Waals surface area contributed by atoms with E-state index in [2.05, 4.69) is 0 Å². The standard InChI is InChI=1S/C14H9ClF4O/c15-8-9-4-3-6-11(16)13(9)20-12-7-2-1-5-10(12)14(17,18)19/h1-7H,8H2. The van der Waals surface area contributed by atoms with E-state index in [1.165, 1.54) is 24.3 Å². The molecule has 6 heteroatoms. The minimum atomic E-state index is -4.58. The third-order valence-electron chi connectivity index (χ3n) is 2.60. The number of hydrogen-bond donors (Lipinski definition) is 0. The Bertz CT molecular complexity index is 610. The Kier molecular flexibility index (Phi) is 4.18. The molecule has 2 aromatic rings. The van der Waals surface area contributed by atoms with E-state index in [9.17, 15) is 17.6 Å². The van der Waals surface area contributed by atoms with Gasteiger partial charge in [-0.05, 0) is 18.2 Å². The Morgan fingerprint density at radius 2 is 1.70 bits per heavy atom. The highest BCUT2D eigenvalue weighted by Gasteiger charge is 2.34. The fraction of sp³-hybridized carbons (Fsp3) is 0.143. The van der Waals surface area contributed by atoms with Crippen LogP contribution in [0.3, 0.4) is 0 Å². The van der Waals surface area contributed by atoms with E-state index in [0.717, 1.165) is 18.2 Å². The molecule has 20 heavy (non-hydrogen) atoms. The summed E-state index contributed by atoms with van der Waals surface area (Å²) in [5, 5.41) is 0. The van der Waals surface area contributed by atoms with Gasteiger partial charge in [-0.2, -0.15) is 13.2 Å². The molecule has 0 radical (unpaired) electrons. The fourth-order valence-electron chi connectivity index (χ4n) is 1.67. The molecule has 0 aliphatic rings. The molecular formula is C14H9ClF4O. The van der Waals surface area contributed by atoms with Gasteiger partial charge in [-0.15, -0.1) is 11.6 Å². The van der Waals surface area contributed by atoms with Crippen LogP contribution in [0.2, 0.25) is 0 Å². The molecular weight excluding hydrogens is 296 g/mol. The molecule has 0 spiro atoms. The molecule has 0 aromatic heterocycles. The zero-order valence-electron chi connectivity index (χ0n) is 10.0. The van der Waals surface area contributed by atoms with Crippen LogP contribution in [0.25, 0.3) is 0 Å². The highest BCUT2D eigenvalue weighted by atomic mass is 35.5. The smallest absolute Gasteiger partial charge is 0.419 e. The van der Waals surface area contributed by atoms with Crippen molar-refractivity contribution in [2.45, 2.75) is 12.1 Å². The van der Waals surface area contributed by atoms with Gasteiger partial charge in [-0.3, -0.25) is 0 Å². The number of benzene rings is 2. The average Bonchev–Trinajstić information content (AvgIpc) is 2.40. The van der Waals surface area contributed by atoms with Crippen LogP contribution in [0, 0.1) is 5.82 Å². The minimum Gasteiger partial charge on any atom is -0.453 e. The maximum atomic E-state index is 13.7. The largest absolute Gasteiger partial charge is 0.453 e. The van der Waals surface area contributed by atoms with Gasteiger partial charge in [0, 0.05) is 5.56 Å². The minimum absolute atomic E-state index is 0.0682. The van der Waals surface area contributed by atoms with Gasteiger partial charge in [0.2, 0.25) is 0 Å². The number of rotatable bonds is 3. The van der Waals surface area contributed by atoms with E-state index >= 15 is 0 Å². The highest BCUT2D eigenvalue weighted by molar-refractivity contribution is 6.17. The number of para-hydroxylation sites is 2. The van der Waals surface area contributed by atoms with E-state index in [1.807, 2.05) is 0 Å². The molecule has 106 valence electrons. The molecule has 2 aromatic carbocycles. The van der Waals surface area contributed by atoms with Gasteiger partial charge >= 0.3 is 6.18 Å². The topological polar surface area (TPSA) is 9.23 Å². The summed E-state index contributed by atoms with van der Waals surface area (Å²) in [5.74, 6) is -1.59. The van der Waals surface area contributed by atoms with Crippen LogP contribution < -0.4 is 4.74 Å². The van der Waals surface area contributed by atoms with Gasteiger partial charge in [0.05, 0.1) is 11.4 Å². The first-order valence-electron chi connectivity index (χ1n) is 5.61. The van der Waals surface area contributed by atoms with Crippen LogP contribution in [-0.2, 0) is 12.1 Å². The predicted molar refractivity (Wildman–Crippen MR) is 67.5 cm³/mol. The van der Waals surface area contributed by atoms with Gasteiger partial charge in [0.25, 0.3) is 0 Å². The van der Waals surface area contributed by atoms with Crippen LogP contribution in [0.15, 0.2) is 42.5 Å². The van der Waals surface area contributed by atoms with E-state index in [4.69, 9.17) is 16.3 Å². The molecule has 0 aliphatic heterocycles. The molecule has 0 amide bonds. The van der Waals surface area contributed by atoms with Crippen molar-refractivity contribution in [3.8, 4) is 11.5 Å². The lowest BCUT2D eigenvalue weighted by molar-refractivity contribution is -0.138. The van der Waals surface area contributed by atoms with Gasteiger partial charge in [0.15, 0.2) is 11.6 Å². The predicted octanol–water partition coefficient (Wildman–Crippen LogP) is 5.38. The second kappa shape index (κ2) is 5.71. The van der Waals surface area contributed by atoms with E-state index in [0.29, 0.717) is 0 Å². The van der Waals surface area contributed by atoms with Crippen molar-refractivity contribution in [1.82, 2.24) is 0 Å². The molecule has 0 saturated carbocycles. The normalized spacial score (nSPS) is 11.4. The molecule has 0 atom stereocenters. The molecule has 0 saturated heterocycles. The van der Waals surface area contributed by atoms with Crippen LogP contribution in [-0.4, -0.2) is 0 Å². The molecule has 2 rings (SSSR count). The van der Waals surface area contributed by atoms with Crippen molar-refractivity contribution >= 4 is 11.6 Å². The third-order valence-corrected chi connectivity index (χ3v) is 2.88. The van der Waals surface area contributed by atoms with Crippen molar-refractivity contribution in [3.05, 3.63) is 59.4 Å². The highest BCUT2D eigenvalue weighted by Crippen LogP contribution is 2.39. The number of ether oxygens (including phenoxy) is 1. The molecule has 0 N–H and O–H groups in total. The lowest BCUT2D eigenvalue weighted by Gasteiger charge is -2.15. The molecule has 0 aliphatic carbocycles. The molecule has 0 unspecified atom stereocenters. The summed E-state index contributed by atoms with van der Waals surface area (Å²) in [7, 11) is 0. The van der Waals surface area contributed by atoms with Crippen molar-refractivity contribution in [2.24, 2.45) is 0 Å². The van der Waals surface area contributed by atoms with E-state index in [-0.39, 0.29) is 17.2 Å². The fourth-order valence-corrected chi connectivity index (χ4v) is 1.88. The summed E-state index contributed by atoms with van der Waals surface area (Å²) in [6, 6.07) is 8.62. The Labute approximate surface area is 117 Å². The molecule has 0 bridgehead atoms. The molecule has 0 heterocycles. The first-order valence-corrected chi connectivity index (χ1v) is 6.14. The number of halogens is 5. The van der Waals surface area contributed by atoms with Gasteiger partial charge in [-0.25, -0.2) is 4.39 Å². The van der Waals surface area contributed by atoms with Crippen molar-refractivity contribution in [2.75, 3.05) is 0 Å². The molecule has 0 fully saturated rings. The van der Waals surface area contributed by atoms with Gasteiger partial charge in [0.1, 0.15) is 5.75 Å². The van der Waals surface area contributed by atoms with E-state index in [1.54, 1.807) is 0 Å². The Hall–Kier alpha value is -1.75. The summed E-state index contributed by atoms with van der Waals surface area (Å²) in [6.07, 6.45) is -4.58. The number of hydrogen-bond acceptors (Lipinski definition) is 1. The van der Waals surface area contributed by atoms with Gasteiger partial charge < -0.3 is 4.74 Å². The summed E-state index contributed by atoms with van der Waals surface area (Å²) in [6.45, 7) is 0. The number of alkyl halides is 4. The van der Waals surface area contributed by atoms with Crippen LogP contribution in [0.1, 0.15) is 11.1 Å². The van der Waals surface area contributed by atoms with Crippen molar-refractivity contribution < 1.29 is 22.3 Å². The Morgan fingerprint density at radius 1 is 1.00 bits per heavy atom. The third kappa shape index (κ3) is 3.04. The maximum Gasteiger partial charge on any atom is 0.419 e. The quantitative estimate of drug-likeness (QED) is 0.547. The maximum absolute atomic E-state index is 13.7. The monoisotopic (exact) mass is 304 g/mol. The van der Waals surface area contributed by atoms with Crippen molar-refractivity contribution in [3.63, 3.8) is 0 Å². The average molecular weight is 305 g/mol. The zero-order chi connectivity index (χ0) is 14.8. The van der Waals surface area contributed by atoms with Crippen molar-refractivity contribution in [1.29, 1.82) is 0 Å². The van der Waals surface area contributed by atoms with E-state index < -0.39 is 23.3 Å². The lowest BCUT2D eigenvalue weighted by atomic mass is 10.2. The van der Waals surface area contributed by atoms with Crippen LogP contribution in [0.4, 0.5) is 17.6 Å². The molecule has 1 nitrogen and oxygen atoms in total. The Morgan fingerprint density at radius 3 is 2.35 bits per heavy atom. The summed E-state index contributed by atoms with van der Waals surface area (Å²) in [4.78, 5) is 0. The first kappa shape index (κ1) is 14.7. The SMILES string of the molecule is Fc1cccc(CCl)c1Oc1ccccc1C(F)(F)F. The Balaban J connectivity index is 2.46. The lowest BCUT2D eigenvalue weighted by Crippen LogP contribution is -2.07. The van der Waals surface area contributed by atoms with Gasteiger partial charge in [-0.1, -0.05) is 24.3 Å². The van der Waals surface area contributed by atoms with Crippen LogP contribution in [0.5, 0.6) is 11.5 Å². The second-order valence-electron chi connectivity index (χ2n) is 3.96.